The monoisotopic (exact) mass is 889 g/mol. The highest BCUT2D eigenvalue weighted by atomic mass is 16.6. The first-order valence-corrected chi connectivity index (χ1v) is 26.3. The fourth-order valence-corrected chi connectivity index (χ4v) is 6.93. The Balaban J connectivity index is 4.51. The van der Waals surface area contributed by atoms with Crippen molar-refractivity contribution in [3.05, 3.63) is 97.2 Å². The molecule has 0 aliphatic carbocycles. The Kier molecular flexibility index (Phi) is 49.0. The molecule has 0 saturated carbocycles. The molecule has 0 aromatic heterocycles. The fraction of sp³-hybridized carbons (Fsp3) is 0.672. The molecule has 0 aromatic rings. The number of allylic oxidation sites excluding steroid dienone is 16. The first-order valence-electron chi connectivity index (χ1n) is 26.3. The molecule has 0 heterocycles. The highest BCUT2D eigenvalue weighted by molar-refractivity contribution is 5.71. The zero-order valence-corrected chi connectivity index (χ0v) is 41.5. The number of unbranched alkanes of at least 4 members (excludes halogenated alkanes) is 23. The van der Waals surface area contributed by atoms with Crippen molar-refractivity contribution in [3.8, 4) is 0 Å². The van der Waals surface area contributed by atoms with Gasteiger partial charge in [-0.15, -0.1) is 0 Å². The van der Waals surface area contributed by atoms with Crippen molar-refractivity contribution in [2.75, 3.05) is 13.2 Å². The van der Waals surface area contributed by atoms with Crippen LogP contribution in [0.2, 0.25) is 0 Å². The summed E-state index contributed by atoms with van der Waals surface area (Å²) in [5.41, 5.74) is 0. The maximum absolute atomic E-state index is 12.8. The van der Waals surface area contributed by atoms with Gasteiger partial charge in [0.25, 0.3) is 0 Å². The average molecular weight is 889 g/mol. The molecule has 0 N–H and O–H groups in total. The molecule has 364 valence electrons. The lowest BCUT2D eigenvalue weighted by Gasteiger charge is -2.18. The molecule has 0 fully saturated rings. The van der Waals surface area contributed by atoms with E-state index in [1.165, 1.54) is 109 Å². The van der Waals surface area contributed by atoms with Crippen LogP contribution in [0.4, 0.5) is 0 Å². The lowest BCUT2D eigenvalue weighted by atomic mass is 10.1. The summed E-state index contributed by atoms with van der Waals surface area (Å²) < 4.78 is 16.7. The third-order valence-electron chi connectivity index (χ3n) is 10.9. The number of hydrogen-bond donors (Lipinski definition) is 0. The van der Waals surface area contributed by atoms with Crippen LogP contribution in [-0.2, 0) is 28.6 Å². The summed E-state index contributed by atoms with van der Waals surface area (Å²) >= 11 is 0. The quantitative estimate of drug-likeness (QED) is 0.0199. The highest BCUT2D eigenvalue weighted by Gasteiger charge is 2.19. The predicted octanol–water partition coefficient (Wildman–Crippen LogP) is 17.4. The summed E-state index contributed by atoms with van der Waals surface area (Å²) in [6.07, 6.45) is 68.2. The van der Waals surface area contributed by atoms with Gasteiger partial charge >= 0.3 is 17.9 Å². The Morgan fingerprint density at radius 2 is 0.688 bits per heavy atom. The Bertz CT molecular complexity index is 1300. The molecule has 6 heteroatoms. The van der Waals surface area contributed by atoms with Gasteiger partial charge in [0.1, 0.15) is 13.2 Å². The minimum atomic E-state index is -0.813. The Morgan fingerprint density at radius 1 is 0.328 bits per heavy atom. The summed E-state index contributed by atoms with van der Waals surface area (Å²) in [5.74, 6) is -1.01. The summed E-state index contributed by atoms with van der Waals surface area (Å²) in [6, 6.07) is 0. The Hall–Kier alpha value is -3.67. The molecule has 1 unspecified atom stereocenters. The Morgan fingerprint density at radius 3 is 1.19 bits per heavy atom. The lowest BCUT2D eigenvalue weighted by Crippen LogP contribution is -2.30. The summed E-state index contributed by atoms with van der Waals surface area (Å²) in [4.78, 5) is 38.0. The van der Waals surface area contributed by atoms with Crippen LogP contribution in [0.15, 0.2) is 97.2 Å². The zero-order valence-electron chi connectivity index (χ0n) is 41.5. The molecule has 0 amide bonds. The molecule has 0 aliphatic rings. The van der Waals surface area contributed by atoms with Crippen LogP contribution < -0.4 is 0 Å². The molecule has 0 bridgehead atoms. The van der Waals surface area contributed by atoms with Crippen LogP contribution in [0.3, 0.4) is 0 Å². The lowest BCUT2D eigenvalue weighted by molar-refractivity contribution is -0.166. The van der Waals surface area contributed by atoms with Crippen LogP contribution in [0.25, 0.3) is 0 Å². The van der Waals surface area contributed by atoms with E-state index in [4.69, 9.17) is 14.2 Å². The Labute approximate surface area is 394 Å². The van der Waals surface area contributed by atoms with E-state index in [-0.39, 0.29) is 37.5 Å². The summed E-state index contributed by atoms with van der Waals surface area (Å²) in [6.45, 7) is 6.44. The van der Waals surface area contributed by atoms with Crippen LogP contribution >= 0.6 is 0 Å². The average Bonchev–Trinajstić information content (AvgIpc) is 3.29. The molecule has 6 nitrogen and oxygen atoms in total. The van der Waals surface area contributed by atoms with E-state index in [0.717, 1.165) is 77.0 Å². The van der Waals surface area contributed by atoms with Crippen molar-refractivity contribution >= 4 is 17.9 Å². The number of esters is 3. The number of carbonyl (C=O) groups is 3. The van der Waals surface area contributed by atoms with Crippen LogP contribution in [0.5, 0.6) is 0 Å². The molecular weight excluding hydrogens is 793 g/mol. The molecular formula is C58H96O6. The summed E-state index contributed by atoms with van der Waals surface area (Å²) in [7, 11) is 0. The van der Waals surface area contributed by atoms with Gasteiger partial charge in [0.15, 0.2) is 6.10 Å². The van der Waals surface area contributed by atoms with E-state index in [2.05, 4.69) is 87.6 Å². The summed E-state index contributed by atoms with van der Waals surface area (Å²) in [5, 5.41) is 0. The minimum Gasteiger partial charge on any atom is -0.462 e. The van der Waals surface area contributed by atoms with Gasteiger partial charge in [-0.3, -0.25) is 14.4 Å². The fourth-order valence-electron chi connectivity index (χ4n) is 6.93. The minimum absolute atomic E-state index is 0.111. The molecule has 0 rings (SSSR count). The van der Waals surface area contributed by atoms with Crippen LogP contribution in [0.1, 0.15) is 233 Å². The number of rotatable bonds is 46. The first kappa shape index (κ1) is 60.3. The van der Waals surface area contributed by atoms with Crippen molar-refractivity contribution in [3.63, 3.8) is 0 Å². The first-order chi connectivity index (χ1) is 31.5. The van der Waals surface area contributed by atoms with Gasteiger partial charge in [-0.25, -0.2) is 0 Å². The van der Waals surface area contributed by atoms with Crippen molar-refractivity contribution < 1.29 is 28.6 Å². The van der Waals surface area contributed by atoms with E-state index in [9.17, 15) is 14.4 Å². The van der Waals surface area contributed by atoms with Crippen molar-refractivity contribution in [2.24, 2.45) is 0 Å². The SMILES string of the molecule is CCC\C=C/C=C\C=C/C=C\C=C/CCCCCCCC(=O)OCC(COC(=O)CC/C=C\C/C=C\CCCCCCCC)OC(=O)CCCCCCCCC/C=C\CCCCCC. The molecule has 0 saturated heterocycles. The largest absolute Gasteiger partial charge is 0.462 e. The van der Waals surface area contributed by atoms with Crippen molar-refractivity contribution in [1.82, 2.24) is 0 Å². The van der Waals surface area contributed by atoms with Crippen LogP contribution in [0, 0.1) is 0 Å². The second-order valence-electron chi connectivity index (χ2n) is 17.2. The van der Waals surface area contributed by atoms with E-state index < -0.39 is 6.10 Å². The standard InChI is InChI=1S/C58H96O6/c1-4-7-10-13-16-19-22-25-27-28-29-31-33-36-39-42-45-48-51-57(60)63-54-55(53-62-56(59)50-47-44-41-38-35-32-24-21-18-15-12-9-6-3)64-58(61)52-49-46-43-40-37-34-30-26-23-20-17-14-11-8-5-2/h10,13,16,19-20,22-23,25,27-29,31-32,35,41,44,55H,4-9,11-12,14-15,17-18,21,24,26,30,33-34,36-40,42-43,45-54H2,1-3H3/b13-10-,19-16-,23-20-,25-22-,28-27-,31-29-,35-32-,44-41-. The molecule has 0 aromatic carbocycles. The van der Waals surface area contributed by atoms with Crippen molar-refractivity contribution in [1.29, 1.82) is 0 Å². The van der Waals surface area contributed by atoms with E-state index in [1.807, 2.05) is 30.4 Å². The van der Waals surface area contributed by atoms with Crippen molar-refractivity contribution in [2.45, 2.75) is 239 Å². The molecule has 1 atom stereocenters. The number of ether oxygens (including phenoxy) is 3. The second kappa shape index (κ2) is 52.0. The van der Waals surface area contributed by atoms with E-state index >= 15 is 0 Å². The second-order valence-corrected chi connectivity index (χ2v) is 17.2. The van der Waals surface area contributed by atoms with Gasteiger partial charge in [-0.1, -0.05) is 227 Å². The normalized spacial score (nSPS) is 12.9. The number of hydrogen-bond acceptors (Lipinski definition) is 6. The van der Waals surface area contributed by atoms with E-state index in [0.29, 0.717) is 19.3 Å². The van der Waals surface area contributed by atoms with Gasteiger partial charge in [-0.2, -0.15) is 0 Å². The molecule has 0 spiro atoms. The highest BCUT2D eigenvalue weighted by Crippen LogP contribution is 2.13. The van der Waals surface area contributed by atoms with E-state index in [1.54, 1.807) is 0 Å². The third-order valence-corrected chi connectivity index (χ3v) is 10.9. The number of carbonyl (C=O) groups excluding carboxylic acids is 3. The third kappa shape index (κ3) is 49.3. The molecule has 0 radical (unpaired) electrons. The van der Waals surface area contributed by atoms with Gasteiger partial charge in [0.2, 0.25) is 0 Å². The molecule has 64 heavy (non-hydrogen) atoms. The maximum Gasteiger partial charge on any atom is 0.306 e. The van der Waals surface area contributed by atoms with Gasteiger partial charge in [0, 0.05) is 19.3 Å². The predicted molar refractivity (Wildman–Crippen MR) is 274 cm³/mol. The zero-order chi connectivity index (χ0) is 46.5. The molecule has 0 aliphatic heterocycles. The maximum atomic E-state index is 12.8. The van der Waals surface area contributed by atoms with Gasteiger partial charge < -0.3 is 14.2 Å². The van der Waals surface area contributed by atoms with Gasteiger partial charge in [-0.05, 0) is 83.5 Å². The van der Waals surface area contributed by atoms with Gasteiger partial charge in [0.05, 0.1) is 0 Å². The smallest absolute Gasteiger partial charge is 0.306 e. The van der Waals surface area contributed by atoms with Crippen LogP contribution in [-0.4, -0.2) is 37.2 Å². The topological polar surface area (TPSA) is 78.9 Å².